The first-order valence-electron chi connectivity index (χ1n) is 8.10. The summed E-state index contributed by atoms with van der Waals surface area (Å²) in [5.41, 5.74) is 3.01. The Balaban J connectivity index is 1.77. The summed E-state index contributed by atoms with van der Waals surface area (Å²) in [4.78, 5) is 26.7. The molecular weight excluding hydrogens is 439 g/mol. The minimum absolute atomic E-state index is 0.0823. The molecule has 3 rings (SSSR count). The standard InChI is InChI=1S/C19H17BrCl2N2O2/c1-10-14(21)4-3-5-16(10)24-9-12(8-17(24)25)19(26)23-15-7-6-13(20)18(22)11(15)2/h3-7,12H,8-9H2,1-2H3,(H,23,26)/t12-/m1/s1. The lowest BCUT2D eigenvalue weighted by Crippen LogP contribution is -2.28. The third-order valence-electron chi connectivity index (χ3n) is 4.62. The summed E-state index contributed by atoms with van der Waals surface area (Å²) >= 11 is 15.7. The lowest BCUT2D eigenvalue weighted by atomic mass is 10.1. The van der Waals surface area contributed by atoms with Crippen LogP contribution >= 0.6 is 39.1 Å². The first-order chi connectivity index (χ1) is 12.3. The number of halogens is 3. The van der Waals surface area contributed by atoms with E-state index in [1.807, 2.05) is 19.9 Å². The summed E-state index contributed by atoms with van der Waals surface area (Å²) in [6.07, 6.45) is 0.168. The molecule has 1 N–H and O–H groups in total. The second kappa shape index (κ2) is 7.59. The van der Waals surface area contributed by atoms with E-state index in [4.69, 9.17) is 23.2 Å². The Morgan fingerprint density at radius 1 is 1.19 bits per heavy atom. The van der Waals surface area contributed by atoms with Crippen LogP contribution in [0.25, 0.3) is 0 Å². The first kappa shape index (κ1) is 19.2. The quantitative estimate of drug-likeness (QED) is 0.676. The number of carbonyl (C=O) groups excluding carboxylic acids is 2. The molecule has 0 bridgehead atoms. The van der Waals surface area contributed by atoms with Crippen molar-refractivity contribution in [3.05, 3.63) is 56.0 Å². The highest BCUT2D eigenvalue weighted by molar-refractivity contribution is 9.10. The number of benzene rings is 2. The number of nitrogens with one attached hydrogen (secondary N) is 1. The highest BCUT2D eigenvalue weighted by atomic mass is 79.9. The normalized spacial score (nSPS) is 16.9. The predicted octanol–water partition coefficient (Wildman–Crippen LogP) is 5.36. The summed E-state index contributed by atoms with van der Waals surface area (Å²) < 4.78 is 0.772. The lowest BCUT2D eigenvalue weighted by molar-refractivity contribution is -0.122. The highest BCUT2D eigenvalue weighted by Gasteiger charge is 2.36. The van der Waals surface area contributed by atoms with Crippen molar-refractivity contribution in [2.24, 2.45) is 5.92 Å². The average Bonchev–Trinajstić information content (AvgIpc) is 2.99. The highest BCUT2D eigenvalue weighted by Crippen LogP contribution is 2.34. The van der Waals surface area contributed by atoms with Crippen LogP contribution in [0, 0.1) is 19.8 Å². The first-order valence-corrected chi connectivity index (χ1v) is 9.65. The van der Waals surface area contributed by atoms with E-state index in [2.05, 4.69) is 21.2 Å². The van der Waals surface area contributed by atoms with Crippen molar-refractivity contribution in [2.75, 3.05) is 16.8 Å². The molecule has 0 saturated carbocycles. The van der Waals surface area contributed by atoms with Crippen LogP contribution in [0.2, 0.25) is 10.0 Å². The maximum atomic E-state index is 12.7. The van der Waals surface area contributed by atoms with Gasteiger partial charge >= 0.3 is 0 Å². The van der Waals surface area contributed by atoms with Gasteiger partial charge < -0.3 is 10.2 Å². The van der Waals surface area contributed by atoms with Gasteiger partial charge in [0.15, 0.2) is 0 Å². The van der Waals surface area contributed by atoms with Crippen LogP contribution in [0.15, 0.2) is 34.8 Å². The molecule has 0 aromatic heterocycles. The smallest absolute Gasteiger partial charge is 0.229 e. The van der Waals surface area contributed by atoms with Crippen molar-refractivity contribution in [1.82, 2.24) is 0 Å². The molecule has 2 amide bonds. The molecule has 0 radical (unpaired) electrons. The van der Waals surface area contributed by atoms with Crippen molar-refractivity contribution in [3.63, 3.8) is 0 Å². The Bertz CT molecular complexity index is 901. The topological polar surface area (TPSA) is 49.4 Å². The van der Waals surface area contributed by atoms with E-state index in [9.17, 15) is 9.59 Å². The fraction of sp³-hybridized carbons (Fsp3) is 0.263. The minimum atomic E-state index is -0.428. The Labute approximate surface area is 170 Å². The van der Waals surface area contributed by atoms with Crippen molar-refractivity contribution in [2.45, 2.75) is 20.3 Å². The summed E-state index contributed by atoms with van der Waals surface area (Å²) in [7, 11) is 0. The molecule has 4 nitrogen and oxygen atoms in total. The molecule has 0 unspecified atom stereocenters. The summed E-state index contributed by atoms with van der Waals surface area (Å²) in [5.74, 6) is -0.703. The Morgan fingerprint density at radius 2 is 1.92 bits per heavy atom. The van der Waals surface area contributed by atoms with Crippen LogP contribution in [-0.2, 0) is 9.59 Å². The van der Waals surface area contributed by atoms with E-state index in [0.717, 1.165) is 21.3 Å². The monoisotopic (exact) mass is 454 g/mol. The molecule has 1 aliphatic heterocycles. The number of anilines is 2. The zero-order valence-corrected chi connectivity index (χ0v) is 17.4. The van der Waals surface area contributed by atoms with Gasteiger partial charge in [0.2, 0.25) is 11.8 Å². The molecule has 1 aliphatic rings. The molecule has 1 atom stereocenters. The zero-order valence-electron chi connectivity index (χ0n) is 14.3. The molecule has 1 fully saturated rings. The molecular formula is C19H17BrCl2N2O2. The number of carbonyl (C=O) groups is 2. The molecule has 2 aromatic rings. The summed E-state index contributed by atoms with van der Waals surface area (Å²) in [5, 5.41) is 4.05. The maximum Gasteiger partial charge on any atom is 0.229 e. The summed E-state index contributed by atoms with van der Waals surface area (Å²) in [6.45, 7) is 4.03. The third kappa shape index (κ3) is 3.61. The molecule has 2 aromatic carbocycles. The van der Waals surface area contributed by atoms with Gasteiger partial charge in [-0.25, -0.2) is 0 Å². The van der Waals surface area contributed by atoms with E-state index in [-0.39, 0.29) is 18.2 Å². The number of rotatable bonds is 3. The van der Waals surface area contributed by atoms with Gasteiger partial charge in [0, 0.05) is 33.8 Å². The van der Waals surface area contributed by atoms with Gasteiger partial charge in [-0.05, 0) is 65.2 Å². The molecule has 136 valence electrons. The predicted molar refractivity (Wildman–Crippen MR) is 109 cm³/mol. The third-order valence-corrected chi connectivity index (χ3v) is 6.41. The van der Waals surface area contributed by atoms with E-state index < -0.39 is 5.92 Å². The van der Waals surface area contributed by atoms with Crippen molar-refractivity contribution >= 4 is 62.3 Å². The fourth-order valence-electron chi connectivity index (χ4n) is 3.03. The maximum absolute atomic E-state index is 12.7. The van der Waals surface area contributed by atoms with E-state index in [1.165, 1.54) is 0 Å². The largest absolute Gasteiger partial charge is 0.325 e. The SMILES string of the molecule is Cc1c(Cl)cccc1N1C[C@H](C(=O)Nc2ccc(Br)c(Cl)c2C)CC1=O. The Kier molecular flexibility index (Phi) is 5.61. The second-order valence-corrected chi connectivity index (χ2v) is 7.95. The Hall–Kier alpha value is -1.56. The van der Waals surface area contributed by atoms with Crippen molar-refractivity contribution < 1.29 is 9.59 Å². The van der Waals surface area contributed by atoms with Crippen LogP contribution in [0.3, 0.4) is 0 Å². The van der Waals surface area contributed by atoms with Crippen LogP contribution in [0.1, 0.15) is 17.5 Å². The van der Waals surface area contributed by atoms with E-state index in [0.29, 0.717) is 22.3 Å². The van der Waals surface area contributed by atoms with Crippen LogP contribution in [-0.4, -0.2) is 18.4 Å². The zero-order chi connectivity index (χ0) is 19.0. The van der Waals surface area contributed by atoms with Crippen LogP contribution in [0.5, 0.6) is 0 Å². The van der Waals surface area contributed by atoms with Gasteiger partial charge in [-0.15, -0.1) is 0 Å². The van der Waals surface area contributed by atoms with Gasteiger partial charge in [0.05, 0.1) is 10.9 Å². The minimum Gasteiger partial charge on any atom is -0.325 e. The van der Waals surface area contributed by atoms with Gasteiger partial charge in [-0.2, -0.15) is 0 Å². The molecule has 0 aliphatic carbocycles. The van der Waals surface area contributed by atoms with Crippen molar-refractivity contribution in [3.8, 4) is 0 Å². The van der Waals surface area contributed by atoms with Crippen molar-refractivity contribution in [1.29, 1.82) is 0 Å². The van der Waals surface area contributed by atoms with Crippen LogP contribution in [0.4, 0.5) is 11.4 Å². The lowest BCUT2D eigenvalue weighted by Gasteiger charge is -2.20. The van der Waals surface area contributed by atoms with Gasteiger partial charge in [-0.3, -0.25) is 9.59 Å². The van der Waals surface area contributed by atoms with Gasteiger partial charge in [-0.1, -0.05) is 29.3 Å². The fourth-order valence-corrected chi connectivity index (χ4v) is 3.79. The molecule has 0 spiro atoms. The molecule has 1 saturated heterocycles. The van der Waals surface area contributed by atoms with Gasteiger partial charge in [0.25, 0.3) is 0 Å². The van der Waals surface area contributed by atoms with Crippen LogP contribution < -0.4 is 10.2 Å². The molecule has 7 heteroatoms. The molecule has 1 heterocycles. The Morgan fingerprint density at radius 3 is 2.65 bits per heavy atom. The van der Waals surface area contributed by atoms with E-state index >= 15 is 0 Å². The van der Waals surface area contributed by atoms with Gasteiger partial charge in [0.1, 0.15) is 0 Å². The average molecular weight is 456 g/mol. The summed E-state index contributed by atoms with van der Waals surface area (Å²) in [6, 6.07) is 9.01. The number of nitrogens with zero attached hydrogens (tertiary/aromatic N) is 1. The number of hydrogen-bond donors (Lipinski definition) is 1. The second-order valence-electron chi connectivity index (χ2n) is 6.31. The molecule has 26 heavy (non-hydrogen) atoms. The van der Waals surface area contributed by atoms with E-state index in [1.54, 1.807) is 29.2 Å². The number of amides is 2. The number of hydrogen-bond acceptors (Lipinski definition) is 2.